The number of aliphatic hydroxyl groups excluding tert-OH is 1. The predicted octanol–water partition coefficient (Wildman–Crippen LogP) is 1.16. The van der Waals surface area contributed by atoms with Crippen molar-refractivity contribution in [1.82, 2.24) is 10.2 Å². The van der Waals surface area contributed by atoms with Gasteiger partial charge in [-0.3, -0.25) is 0 Å². The summed E-state index contributed by atoms with van der Waals surface area (Å²) in [6.07, 6.45) is 2.93. The Balaban J connectivity index is 1.56. The van der Waals surface area contributed by atoms with Crippen LogP contribution in [0.25, 0.3) is 0 Å². The molecule has 1 unspecified atom stereocenters. The highest BCUT2D eigenvalue weighted by Crippen LogP contribution is 2.18. The molecule has 2 aliphatic heterocycles. The lowest BCUT2D eigenvalue weighted by atomic mass is 9.95. The number of likely N-dealkylation sites (tertiary alicyclic amines) is 1. The van der Waals surface area contributed by atoms with Gasteiger partial charge in [-0.2, -0.15) is 0 Å². The van der Waals surface area contributed by atoms with Gasteiger partial charge in [0.2, 0.25) is 0 Å². The fourth-order valence-corrected chi connectivity index (χ4v) is 3.06. The van der Waals surface area contributed by atoms with Crippen molar-refractivity contribution in [3.8, 4) is 0 Å². The van der Waals surface area contributed by atoms with E-state index in [4.69, 9.17) is 0 Å². The maximum absolute atomic E-state index is 9.52. The van der Waals surface area contributed by atoms with Gasteiger partial charge in [0.05, 0.1) is 6.10 Å². The van der Waals surface area contributed by atoms with E-state index in [9.17, 15) is 5.11 Å². The molecule has 2 N–H and O–H groups in total. The van der Waals surface area contributed by atoms with Crippen LogP contribution in [0.3, 0.4) is 0 Å². The lowest BCUT2D eigenvalue weighted by molar-refractivity contribution is 0.0772. The van der Waals surface area contributed by atoms with Crippen LogP contribution in [0.1, 0.15) is 24.0 Å². The Labute approximate surface area is 109 Å². The second-order valence-electron chi connectivity index (χ2n) is 5.58. The predicted molar refractivity (Wildman–Crippen MR) is 72.5 cm³/mol. The fourth-order valence-electron chi connectivity index (χ4n) is 3.06. The number of fused-ring (bicyclic) bond motifs is 1. The van der Waals surface area contributed by atoms with Gasteiger partial charge in [-0.05, 0) is 30.4 Å². The first-order valence-electron chi connectivity index (χ1n) is 7.02. The van der Waals surface area contributed by atoms with Gasteiger partial charge in [-0.25, -0.2) is 0 Å². The van der Waals surface area contributed by atoms with Gasteiger partial charge in [-0.15, -0.1) is 0 Å². The molecule has 1 aromatic rings. The first-order valence-corrected chi connectivity index (χ1v) is 7.02. The van der Waals surface area contributed by atoms with E-state index >= 15 is 0 Å². The average molecular weight is 246 g/mol. The van der Waals surface area contributed by atoms with E-state index in [1.54, 1.807) is 0 Å². The van der Waals surface area contributed by atoms with E-state index in [0.29, 0.717) is 6.04 Å². The van der Waals surface area contributed by atoms with Crippen molar-refractivity contribution in [1.29, 1.82) is 0 Å². The topological polar surface area (TPSA) is 35.5 Å². The summed E-state index contributed by atoms with van der Waals surface area (Å²) in [6, 6.07) is 9.29. The first kappa shape index (κ1) is 12.2. The molecule has 3 rings (SSSR count). The summed E-state index contributed by atoms with van der Waals surface area (Å²) in [5, 5.41) is 13.2. The summed E-state index contributed by atoms with van der Waals surface area (Å²) < 4.78 is 0. The van der Waals surface area contributed by atoms with E-state index in [1.807, 2.05) is 0 Å². The molecule has 3 heteroatoms. The normalized spacial score (nSPS) is 25.9. The minimum atomic E-state index is -0.0682. The van der Waals surface area contributed by atoms with Crippen molar-refractivity contribution >= 4 is 0 Å². The molecule has 0 aliphatic carbocycles. The van der Waals surface area contributed by atoms with Crippen LogP contribution in [0.5, 0.6) is 0 Å². The lowest BCUT2D eigenvalue weighted by Crippen LogP contribution is -2.47. The monoisotopic (exact) mass is 246 g/mol. The second kappa shape index (κ2) is 5.39. The van der Waals surface area contributed by atoms with E-state index in [1.165, 1.54) is 11.1 Å². The molecule has 2 aliphatic rings. The molecule has 2 heterocycles. The van der Waals surface area contributed by atoms with Crippen LogP contribution >= 0.6 is 0 Å². The summed E-state index contributed by atoms with van der Waals surface area (Å²) in [5.74, 6) is 0. The Morgan fingerprint density at radius 3 is 2.67 bits per heavy atom. The Kier molecular flexibility index (Phi) is 3.64. The van der Waals surface area contributed by atoms with Crippen LogP contribution in [0.2, 0.25) is 0 Å². The average Bonchev–Trinajstić information content (AvgIpc) is 2.41. The summed E-state index contributed by atoms with van der Waals surface area (Å²) >= 11 is 0. The zero-order chi connectivity index (χ0) is 12.4. The van der Waals surface area contributed by atoms with Gasteiger partial charge < -0.3 is 15.3 Å². The van der Waals surface area contributed by atoms with Gasteiger partial charge in [0, 0.05) is 32.2 Å². The third kappa shape index (κ3) is 2.74. The number of piperidine rings is 1. The zero-order valence-corrected chi connectivity index (χ0v) is 10.8. The second-order valence-corrected chi connectivity index (χ2v) is 5.58. The van der Waals surface area contributed by atoms with Crippen LogP contribution in [0.15, 0.2) is 24.3 Å². The summed E-state index contributed by atoms with van der Waals surface area (Å²) in [4.78, 5) is 2.48. The molecule has 1 saturated heterocycles. The zero-order valence-electron chi connectivity index (χ0n) is 10.8. The smallest absolute Gasteiger partial charge is 0.0564 e. The van der Waals surface area contributed by atoms with Crippen LogP contribution in [0.4, 0.5) is 0 Å². The third-order valence-corrected chi connectivity index (χ3v) is 4.20. The molecular weight excluding hydrogens is 224 g/mol. The van der Waals surface area contributed by atoms with Crippen molar-refractivity contribution < 1.29 is 5.11 Å². The van der Waals surface area contributed by atoms with Crippen molar-refractivity contribution in [2.75, 3.05) is 19.6 Å². The van der Waals surface area contributed by atoms with Crippen LogP contribution in [-0.2, 0) is 13.0 Å². The SMILES string of the molecule is OC1CCN(CC2Cc3ccccc3CN2)CC1. The maximum atomic E-state index is 9.52. The third-order valence-electron chi connectivity index (χ3n) is 4.20. The molecule has 0 bridgehead atoms. The number of nitrogens with zero attached hydrogens (tertiary/aromatic N) is 1. The standard InChI is InChI=1S/C15H22N2O/c18-15-5-7-17(8-6-15)11-14-9-12-3-1-2-4-13(12)10-16-14/h1-4,14-16,18H,5-11H2. The van der Waals surface area contributed by atoms with Gasteiger partial charge in [0.25, 0.3) is 0 Å². The summed E-state index contributed by atoms with van der Waals surface area (Å²) in [5.41, 5.74) is 2.95. The molecule has 0 spiro atoms. The molecule has 3 nitrogen and oxygen atoms in total. The van der Waals surface area contributed by atoms with E-state index in [0.717, 1.165) is 45.4 Å². The molecule has 18 heavy (non-hydrogen) atoms. The van der Waals surface area contributed by atoms with Gasteiger partial charge in [0.1, 0.15) is 0 Å². The fraction of sp³-hybridized carbons (Fsp3) is 0.600. The lowest BCUT2D eigenvalue weighted by Gasteiger charge is -2.34. The van der Waals surface area contributed by atoms with Gasteiger partial charge >= 0.3 is 0 Å². The highest BCUT2D eigenvalue weighted by Gasteiger charge is 2.22. The Hall–Kier alpha value is -0.900. The van der Waals surface area contributed by atoms with Crippen molar-refractivity contribution in [2.24, 2.45) is 0 Å². The van der Waals surface area contributed by atoms with Crippen molar-refractivity contribution in [3.63, 3.8) is 0 Å². The summed E-state index contributed by atoms with van der Waals surface area (Å²) in [6.45, 7) is 4.19. The summed E-state index contributed by atoms with van der Waals surface area (Å²) in [7, 11) is 0. The number of aliphatic hydroxyl groups is 1. The van der Waals surface area contributed by atoms with Crippen molar-refractivity contribution in [3.05, 3.63) is 35.4 Å². The number of rotatable bonds is 2. The molecule has 0 amide bonds. The van der Waals surface area contributed by atoms with E-state index in [2.05, 4.69) is 34.5 Å². The van der Waals surface area contributed by atoms with Crippen LogP contribution < -0.4 is 5.32 Å². The first-order chi connectivity index (χ1) is 8.81. The number of benzene rings is 1. The Morgan fingerprint density at radius 2 is 1.89 bits per heavy atom. The quantitative estimate of drug-likeness (QED) is 0.822. The van der Waals surface area contributed by atoms with Gasteiger partial charge in [-0.1, -0.05) is 24.3 Å². The molecule has 0 radical (unpaired) electrons. The molecule has 98 valence electrons. The van der Waals surface area contributed by atoms with E-state index in [-0.39, 0.29) is 6.10 Å². The van der Waals surface area contributed by atoms with E-state index < -0.39 is 0 Å². The highest BCUT2D eigenvalue weighted by molar-refractivity contribution is 5.29. The van der Waals surface area contributed by atoms with Crippen molar-refractivity contribution in [2.45, 2.75) is 38.0 Å². The molecular formula is C15H22N2O. The maximum Gasteiger partial charge on any atom is 0.0564 e. The minimum Gasteiger partial charge on any atom is -0.393 e. The molecule has 0 saturated carbocycles. The highest BCUT2D eigenvalue weighted by atomic mass is 16.3. The van der Waals surface area contributed by atoms with Crippen LogP contribution in [-0.4, -0.2) is 41.8 Å². The van der Waals surface area contributed by atoms with Gasteiger partial charge in [0.15, 0.2) is 0 Å². The number of hydrogen-bond acceptors (Lipinski definition) is 3. The molecule has 0 aromatic heterocycles. The Bertz CT molecular complexity index is 399. The molecule has 1 atom stereocenters. The number of hydrogen-bond donors (Lipinski definition) is 2. The Morgan fingerprint density at radius 1 is 1.17 bits per heavy atom. The number of nitrogens with one attached hydrogen (secondary N) is 1. The molecule has 1 fully saturated rings. The molecule has 1 aromatic carbocycles. The largest absolute Gasteiger partial charge is 0.393 e. The minimum absolute atomic E-state index is 0.0682. The van der Waals surface area contributed by atoms with Crippen LogP contribution in [0, 0.1) is 0 Å².